The Morgan fingerprint density at radius 2 is 2.12 bits per heavy atom. The number of hydrogen-bond donors (Lipinski definition) is 3. The van der Waals surface area contributed by atoms with Gasteiger partial charge in [-0.15, -0.1) is 0 Å². The van der Waals surface area contributed by atoms with Gasteiger partial charge in [-0.3, -0.25) is 4.79 Å². The molecule has 0 fully saturated rings. The van der Waals surface area contributed by atoms with Crippen LogP contribution in [0.5, 0.6) is 5.75 Å². The van der Waals surface area contributed by atoms with Gasteiger partial charge in [0, 0.05) is 31.3 Å². The van der Waals surface area contributed by atoms with Crippen LogP contribution in [-0.2, 0) is 17.6 Å². The van der Waals surface area contributed by atoms with E-state index in [1.807, 2.05) is 12.1 Å². The molecule has 2 rings (SSSR count). The summed E-state index contributed by atoms with van der Waals surface area (Å²) in [6.07, 6.45) is 4.08. The molecule has 7 nitrogen and oxygen atoms in total. The lowest BCUT2D eigenvalue weighted by Crippen LogP contribution is -2.33. The molecular weight excluding hydrogens is 444 g/mol. The number of carbonyl (C=O) groups excluding carboxylic acids is 1. The van der Waals surface area contributed by atoms with Crippen LogP contribution >= 0.6 is 31.9 Å². The van der Waals surface area contributed by atoms with Gasteiger partial charge in [-0.1, -0.05) is 5.16 Å². The maximum Gasteiger partial charge on any atom is 0.269 e. The average Bonchev–Trinajstić information content (AvgIpc) is 3.05. The first-order valence-electron chi connectivity index (χ1n) is 7.03. The van der Waals surface area contributed by atoms with Crippen molar-refractivity contribution in [1.29, 1.82) is 0 Å². The molecule has 1 aromatic carbocycles. The van der Waals surface area contributed by atoms with Crippen LogP contribution < -0.4 is 10.1 Å². The number of oxime groups is 1. The van der Waals surface area contributed by atoms with Gasteiger partial charge in [0.2, 0.25) is 0 Å². The van der Waals surface area contributed by atoms with E-state index < -0.39 is 5.91 Å². The second-order valence-electron chi connectivity index (χ2n) is 4.90. The predicted octanol–water partition coefficient (Wildman–Crippen LogP) is 2.67. The highest BCUT2D eigenvalue weighted by molar-refractivity contribution is 9.11. The largest absolute Gasteiger partial charge is 0.494 e. The fourth-order valence-electron chi connectivity index (χ4n) is 2.10. The summed E-state index contributed by atoms with van der Waals surface area (Å²) in [5, 5.41) is 15.0. The molecule has 3 N–H and O–H groups in total. The molecule has 0 saturated heterocycles. The van der Waals surface area contributed by atoms with Gasteiger partial charge < -0.3 is 20.2 Å². The van der Waals surface area contributed by atoms with Crippen LogP contribution in [0, 0.1) is 0 Å². The Hall–Kier alpha value is -1.87. The summed E-state index contributed by atoms with van der Waals surface area (Å²) < 4.78 is 6.72. The van der Waals surface area contributed by atoms with E-state index in [0.29, 0.717) is 18.7 Å². The first-order chi connectivity index (χ1) is 11.5. The van der Waals surface area contributed by atoms with Crippen LogP contribution in [0.25, 0.3) is 0 Å². The average molecular weight is 460 g/mol. The zero-order chi connectivity index (χ0) is 17.5. The third-order valence-electron chi connectivity index (χ3n) is 3.25. The van der Waals surface area contributed by atoms with Crippen LogP contribution in [0.15, 0.2) is 38.8 Å². The molecular formula is C15H16Br2N4O3. The van der Waals surface area contributed by atoms with E-state index in [1.165, 1.54) is 0 Å². The fraction of sp³-hybridized carbons (Fsp3) is 0.267. The molecule has 0 unspecified atom stereocenters. The quantitative estimate of drug-likeness (QED) is 0.336. The number of rotatable bonds is 7. The van der Waals surface area contributed by atoms with Crippen molar-refractivity contribution in [1.82, 2.24) is 15.3 Å². The van der Waals surface area contributed by atoms with E-state index in [-0.39, 0.29) is 12.1 Å². The molecule has 9 heteroatoms. The van der Waals surface area contributed by atoms with Gasteiger partial charge in [-0.2, -0.15) is 0 Å². The van der Waals surface area contributed by atoms with Crippen molar-refractivity contribution in [3.63, 3.8) is 0 Å². The standard InChI is InChI=1S/C15H16Br2N4O3/c1-24-14-11(16)4-9(5-12(14)17)6-13(21-23)15(22)19-3-2-10-7-18-8-20-10/h4-5,7-8,23H,2-3,6H2,1H3,(H,18,20)(H,19,22)/b21-13+. The highest BCUT2D eigenvalue weighted by Crippen LogP contribution is 2.34. The Morgan fingerprint density at radius 1 is 1.42 bits per heavy atom. The predicted molar refractivity (Wildman–Crippen MR) is 96.6 cm³/mol. The third kappa shape index (κ3) is 4.81. The van der Waals surface area contributed by atoms with E-state index in [9.17, 15) is 4.79 Å². The summed E-state index contributed by atoms with van der Waals surface area (Å²) >= 11 is 6.81. The number of aromatic nitrogens is 2. The highest BCUT2D eigenvalue weighted by Gasteiger charge is 2.15. The number of amides is 1. The van der Waals surface area contributed by atoms with Crippen molar-refractivity contribution >= 4 is 43.5 Å². The summed E-state index contributed by atoms with van der Waals surface area (Å²) in [5.41, 5.74) is 1.75. The molecule has 2 aromatic rings. The number of ether oxygens (including phenoxy) is 1. The lowest BCUT2D eigenvalue weighted by Gasteiger charge is -2.10. The Kier molecular flexibility index (Phi) is 6.80. The van der Waals surface area contributed by atoms with Gasteiger partial charge in [0.25, 0.3) is 5.91 Å². The number of H-pyrrole nitrogens is 1. The second kappa shape index (κ2) is 8.84. The number of imidazole rings is 1. The fourth-order valence-corrected chi connectivity index (χ4v) is 3.70. The zero-order valence-corrected chi connectivity index (χ0v) is 16.0. The number of methoxy groups -OCH3 is 1. The second-order valence-corrected chi connectivity index (χ2v) is 6.61. The van der Waals surface area contributed by atoms with E-state index >= 15 is 0 Å². The molecule has 0 saturated carbocycles. The van der Waals surface area contributed by atoms with Crippen molar-refractivity contribution in [3.8, 4) is 5.75 Å². The Bertz CT molecular complexity index is 709. The summed E-state index contributed by atoms with van der Waals surface area (Å²) in [6, 6.07) is 3.62. The van der Waals surface area contributed by atoms with E-state index in [4.69, 9.17) is 9.94 Å². The van der Waals surface area contributed by atoms with Crippen LogP contribution in [0.1, 0.15) is 11.3 Å². The van der Waals surface area contributed by atoms with Crippen LogP contribution in [0.3, 0.4) is 0 Å². The van der Waals surface area contributed by atoms with E-state index in [2.05, 4.69) is 52.3 Å². The molecule has 24 heavy (non-hydrogen) atoms. The zero-order valence-electron chi connectivity index (χ0n) is 12.8. The Labute approximate surface area is 155 Å². The molecule has 0 aliphatic carbocycles. The Morgan fingerprint density at radius 3 is 2.67 bits per heavy atom. The summed E-state index contributed by atoms with van der Waals surface area (Å²) in [6.45, 7) is 0.413. The van der Waals surface area contributed by atoms with Crippen LogP contribution in [0.2, 0.25) is 0 Å². The maximum atomic E-state index is 12.1. The summed E-state index contributed by atoms with van der Waals surface area (Å²) in [4.78, 5) is 19.0. The van der Waals surface area contributed by atoms with E-state index in [0.717, 1.165) is 20.2 Å². The molecule has 128 valence electrons. The van der Waals surface area contributed by atoms with Crippen molar-refractivity contribution in [2.24, 2.45) is 5.16 Å². The molecule has 0 aliphatic heterocycles. The first kappa shape index (κ1) is 18.5. The van der Waals surface area contributed by atoms with Crippen LogP contribution in [-0.4, -0.2) is 40.4 Å². The molecule has 0 atom stereocenters. The SMILES string of the molecule is COc1c(Br)cc(C/C(=N\O)C(=O)NCCc2cnc[nH]2)cc1Br. The minimum Gasteiger partial charge on any atom is -0.494 e. The number of nitrogens with zero attached hydrogens (tertiary/aromatic N) is 2. The first-order valence-corrected chi connectivity index (χ1v) is 8.62. The number of aromatic amines is 1. The van der Waals surface area contributed by atoms with Gasteiger partial charge in [-0.05, 0) is 49.6 Å². The van der Waals surface area contributed by atoms with Gasteiger partial charge in [0.15, 0.2) is 0 Å². The van der Waals surface area contributed by atoms with Gasteiger partial charge in [0.05, 0.1) is 22.4 Å². The number of benzene rings is 1. The molecule has 0 spiro atoms. The molecule has 0 aliphatic rings. The monoisotopic (exact) mass is 458 g/mol. The van der Waals surface area contributed by atoms with Crippen LogP contribution in [0.4, 0.5) is 0 Å². The Balaban J connectivity index is 1.97. The number of carbonyl (C=O) groups is 1. The molecule has 1 amide bonds. The summed E-state index contributed by atoms with van der Waals surface area (Å²) in [7, 11) is 1.57. The van der Waals surface area contributed by atoms with Gasteiger partial charge in [0.1, 0.15) is 11.5 Å². The lowest BCUT2D eigenvalue weighted by molar-refractivity contribution is -0.115. The van der Waals surface area contributed by atoms with Gasteiger partial charge >= 0.3 is 0 Å². The molecule has 1 aromatic heterocycles. The number of halogens is 2. The smallest absolute Gasteiger partial charge is 0.269 e. The molecule has 0 radical (unpaired) electrons. The maximum absolute atomic E-state index is 12.1. The summed E-state index contributed by atoms with van der Waals surface area (Å²) in [5.74, 6) is 0.241. The minimum atomic E-state index is -0.417. The topological polar surface area (TPSA) is 99.6 Å². The highest BCUT2D eigenvalue weighted by atomic mass is 79.9. The van der Waals surface area contributed by atoms with Crippen molar-refractivity contribution in [3.05, 3.63) is 44.9 Å². The van der Waals surface area contributed by atoms with E-state index in [1.54, 1.807) is 19.6 Å². The number of nitrogens with one attached hydrogen (secondary N) is 2. The molecule has 1 heterocycles. The van der Waals surface area contributed by atoms with Crippen molar-refractivity contribution in [2.45, 2.75) is 12.8 Å². The van der Waals surface area contributed by atoms with Gasteiger partial charge in [-0.25, -0.2) is 4.98 Å². The lowest BCUT2D eigenvalue weighted by atomic mass is 10.1. The molecule has 0 bridgehead atoms. The van der Waals surface area contributed by atoms with Crippen molar-refractivity contribution < 1.29 is 14.7 Å². The minimum absolute atomic E-state index is 0.0311. The third-order valence-corrected chi connectivity index (χ3v) is 4.43. The number of hydrogen-bond acceptors (Lipinski definition) is 5. The van der Waals surface area contributed by atoms with Crippen molar-refractivity contribution in [2.75, 3.05) is 13.7 Å². The normalized spacial score (nSPS) is 11.4.